The molecule has 2 aliphatic rings. The van der Waals surface area contributed by atoms with E-state index < -0.39 is 0 Å². The van der Waals surface area contributed by atoms with E-state index >= 15 is 0 Å². The third-order valence-corrected chi connectivity index (χ3v) is 6.74. The van der Waals surface area contributed by atoms with Crippen LogP contribution in [0.5, 0.6) is 5.75 Å². The maximum Gasteiger partial charge on any atom is 0.223 e. The summed E-state index contributed by atoms with van der Waals surface area (Å²) in [5, 5.41) is 3.30. The maximum absolute atomic E-state index is 12.8. The van der Waals surface area contributed by atoms with Gasteiger partial charge in [-0.1, -0.05) is 38.3 Å². The molecule has 0 spiro atoms. The minimum Gasteiger partial charge on any atom is -0.497 e. The minimum absolute atomic E-state index is 0.216. The Balaban J connectivity index is 1.53. The van der Waals surface area contributed by atoms with Crippen LogP contribution in [-0.4, -0.2) is 37.6 Å². The van der Waals surface area contributed by atoms with E-state index in [0.717, 1.165) is 37.6 Å². The van der Waals surface area contributed by atoms with Gasteiger partial charge in [0.15, 0.2) is 0 Å². The summed E-state index contributed by atoms with van der Waals surface area (Å²) >= 11 is 0. The number of nitrogens with one attached hydrogen (secondary N) is 1. The van der Waals surface area contributed by atoms with Crippen molar-refractivity contribution in [3.63, 3.8) is 0 Å². The maximum atomic E-state index is 12.8. The van der Waals surface area contributed by atoms with E-state index in [-0.39, 0.29) is 17.9 Å². The highest BCUT2D eigenvalue weighted by Crippen LogP contribution is 2.32. The van der Waals surface area contributed by atoms with Crippen molar-refractivity contribution in [3.05, 3.63) is 29.8 Å². The van der Waals surface area contributed by atoms with Crippen molar-refractivity contribution >= 4 is 5.91 Å². The number of carbonyl (C=O) groups is 1. The highest BCUT2D eigenvalue weighted by atomic mass is 16.5. The van der Waals surface area contributed by atoms with Gasteiger partial charge in [0, 0.05) is 12.5 Å². The van der Waals surface area contributed by atoms with Crippen LogP contribution in [0.4, 0.5) is 0 Å². The number of nitrogens with zero attached hydrogens (tertiary/aromatic N) is 1. The van der Waals surface area contributed by atoms with Crippen LogP contribution in [0, 0.1) is 11.8 Å². The monoisotopic (exact) mass is 386 g/mol. The van der Waals surface area contributed by atoms with Crippen LogP contribution in [0.25, 0.3) is 0 Å². The highest BCUT2D eigenvalue weighted by Gasteiger charge is 2.28. The Hall–Kier alpha value is -1.55. The number of methoxy groups -OCH3 is 1. The molecule has 0 aromatic heterocycles. The number of ether oxygens (including phenoxy) is 1. The lowest BCUT2D eigenvalue weighted by Crippen LogP contribution is -2.40. The number of benzene rings is 1. The average molecular weight is 387 g/mol. The van der Waals surface area contributed by atoms with Gasteiger partial charge in [-0.05, 0) is 75.2 Å². The summed E-state index contributed by atoms with van der Waals surface area (Å²) in [4.78, 5) is 15.3. The van der Waals surface area contributed by atoms with Crippen LogP contribution in [0.2, 0.25) is 0 Å². The van der Waals surface area contributed by atoms with Gasteiger partial charge in [0.1, 0.15) is 5.75 Å². The third-order valence-electron chi connectivity index (χ3n) is 6.74. The van der Waals surface area contributed by atoms with E-state index in [0.29, 0.717) is 6.54 Å². The fourth-order valence-corrected chi connectivity index (χ4v) is 4.88. The van der Waals surface area contributed by atoms with Crippen LogP contribution >= 0.6 is 0 Å². The van der Waals surface area contributed by atoms with E-state index in [4.69, 9.17) is 4.74 Å². The Kier molecular flexibility index (Phi) is 8.20. The third kappa shape index (κ3) is 5.73. The number of rotatable bonds is 9. The standard InChI is InChI=1S/C24H38N2O2/c1-3-4-7-19-8-10-21(11-9-19)24(27)25-18-23(26-16-5-6-17-26)20-12-14-22(28-2)15-13-20/h12-15,19,21,23H,3-11,16-18H2,1-2H3,(H,25,27). The predicted octanol–water partition coefficient (Wildman–Crippen LogP) is 4.94. The molecule has 1 aromatic rings. The van der Waals surface area contributed by atoms with Gasteiger partial charge in [0.25, 0.3) is 0 Å². The molecule has 1 aliphatic heterocycles. The molecule has 0 bridgehead atoms. The molecule has 1 N–H and O–H groups in total. The van der Waals surface area contributed by atoms with Gasteiger partial charge in [0.2, 0.25) is 5.91 Å². The number of amides is 1. The molecule has 1 heterocycles. The number of unbranched alkanes of at least 4 members (excludes halogenated alkanes) is 1. The lowest BCUT2D eigenvalue weighted by Gasteiger charge is -2.31. The lowest BCUT2D eigenvalue weighted by molar-refractivity contribution is -0.126. The number of likely N-dealkylation sites (tertiary alicyclic amines) is 1. The molecular formula is C24H38N2O2. The zero-order chi connectivity index (χ0) is 19.8. The molecule has 4 heteroatoms. The molecule has 1 atom stereocenters. The first-order chi connectivity index (χ1) is 13.7. The zero-order valence-corrected chi connectivity index (χ0v) is 17.8. The molecule has 1 amide bonds. The van der Waals surface area contributed by atoms with Gasteiger partial charge in [-0.15, -0.1) is 0 Å². The van der Waals surface area contributed by atoms with Crippen molar-refractivity contribution in [1.29, 1.82) is 0 Å². The van der Waals surface area contributed by atoms with Crippen molar-refractivity contribution in [3.8, 4) is 5.75 Å². The quantitative estimate of drug-likeness (QED) is 0.653. The predicted molar refractivity (Wildman–Crippen MR) is 115 cm³/mol. The molecule has 2 fully saturated rings. The van der Waals surface area contributed by atoms with Gasteiger partial charge in [0.05, 0.1) is 13.2 Å². The highest BCUT2D eigenvalue weighted by molar-refractivity contribution is 5.78. The fraction of sp³-hybridized carbons (Fsp3) is 0.708. The topological polar surface area (TPSA) is 41.6 Å². The summed E-state index contributed by atoms with van der Waals surface area (Å²) in [6, 6.07) is 8.60. The minimum atomic E-state index is 0.216. The van der Waals surface area contributed by atoms with Crippen LogP contribution in [-0.2, 0) is 4.79 Å². The van der Waals surface area contributed by atoms with Crippen molar-refractivity contribution in [1.82, 2.24) is 10.2 Å². The van der Waals surface area contributed by atoms with Gasteiger partial charge >= 0.3 is 0 Å². The Morgan fingerprint density at radius 2 is 1.82 bits per heavy atom. The van der Waals surface area contributed by atoms with E-state index in [1.807, 2.05) is 12.1 Å². The molecule has 156 valence electrons. The summed E-state index contributed by atoms with van der Waals surface area (Å²) in [5.74, 6) is 2.22. The molecular weight excluding hydrogens is 348 g/mol. The summed E-state index contributed by atoms with van der Waals surface area (Å²) in [6.45, 7) is 5.21. The van der Waals surface area contributed by atoms with E-state index in [1.54, 1.807) is 7.11 Å². The van der Waals surface area contributed by atoms with Crippen LogP contribution in [0.15, 0.2) is 24.3 Å². The first kappa shape index (κ1) is 21.2. The van der Waals surface area contributed by atoms with Gasteiger partial charge in [-0.2, -0.15) is 0 Å². The van der Waals surface area contributed by atoms with Gasteiger partial charge < -0.3 is 10.1 Å². The van der Waals surface area contributed by atoms with E-state index in [1.165, 1.54) is 50.5 Å². The molecule has 1 unspecified atom stereocenters. The smallest absolute Gasteiger partial charge is 0.223 e. The average Bonchev–Trinajstić information content (AvgIpc) is 3.27. The summed E-state index contributed by atoms with van der Waals surface area (Å²) in [7, 11) is 1.70. The molecule has 4 nitrogen and oxygen atoms in total. The molecule has 1 aliphatic carbocycles. The fourth-order valence-electron chi connectivity index (χ4n) is 4.88. The van der Waals surface area contributed by atoms with E-state index in [2.05, 4.69) is 29.3 Å². The van der Waals surface area contributed by atoms with E-state index in [9.17, 15) is 4.79 Å². The number of hydrogen-bond acceptors (Lipinski definition) is 3. The SMILES string of the molecule is CCCCC1CCC(C(=O)NCC(c2ccc(OC)cc2)N2CCCC2)CC1. The Morgan fingerprint density at radius 3 is 2.43 bits per heavy atom. The molecule has 1 aromatic carbocycles. The van der Waals surface area contributed by atoms with Gasteiger partial charge in [-0.25, -0.2) is 0 Å². The van der Waals surface area contributed by atoms with Crippen LogP contribution < -0.4 is 10.1 Å². The Morgan fingerprint density at radius 1 is 1.14 bits per heavy atom. The van der Waals surface area contributed by atoms with Crippen LogP contribution in [0.3, 0.4) is 0 Å². The molecule has 3 rings (SSSR count). The molecule has 1 saturated carbocycles. The van der Waals surface area contributed by atoms with Gasteiger partial charge in [-0.3, -0.25) is 9.69 Å². The van der Waals surface area contributed by atoms with Crippen molar-refractivity contribution < 1.29 is 9.53 Å². The lowest BCUT2D eigenvalue weighted by atomic mass is 9.79. The van der Waals surface area contributed by atoms with Crippen molar-refractivity contribution in [2.24, 2.45) is 11.8 Å². The second-order valence-corrected chi connectivity index (χ2v) is 8.64. The second kappa shape index (κ2) is 10.8. The molecule has 28 heavy (non-hydrogen) atoms. The van der Waals surface area contributed by atoms with Crippen molar-refractivity contribution in [2.45, 2.75) is 70.8 Å². The Labute approximate surface area is 171 Å². The summed E-state index contributed by atoms with van der Waals surface area (Å²) in [5.41, 5.74) is 1.27. The first-order valence-corrected chi connectivity index (χ1v) is 11.4. The molecule has 1 saturated heterocycles. The number of carbonyl (C=O) groups excluding carboxylic acids is 1. The van der Waals surface area contributed by atoms with Crippen molar-refractivity contribution in [2.75, 3.05) is 26.7 Å². The molecule has 0 radical (unpaired) electrons. The number of hydrogen-bond donors (Lipinski definition) is 1. The zero-order valence-electron chi connectivity index (χ0n) is 17.8. The van der Waals surface area contributed by atoms with Crippen LogP contribution in [0.1, 0.15) is 76.3 Å². The summed E-state index contributed by atoms with van der Waals surface area (Å²) < 4.78 is 5.30. The Bertz CT molecular complexity index is 587. The normalized spacial score (nSPS) is 24.1. The second-order valence-electron chi connectivity index (χ2n) is 8.64. The largest absolute Gasteiger partial charge is 0.497 e. The summed E-state index contributed by atoms with van der Waals surface area (Å²) in [6.07, 6.45) is 11.1. The first-order valence-electron chi connectivity index (χ1n) is 11.4.